The highest BCUT2D eigenvalue weighted by Gasteiger charge is 2.13. The highest BCUT2D eigenvalue weighted by Crippen LogP contribution is 2.28. The lowest BCUT2D eigenvalue weighted by atomic mass is 10.0. The van der Waals surface area contributed by atoms with Gasteiger partial charge in [0.1, 0.15) is 17.3 Å². The fourth-order valence-corrected chi connectivity index (χ4v) is 3.91. The van der Waals surface area contributed by atoms with E-state index in [1.54, 1.807) is 38.5 Å². The summed E-state index contributed by atoms with van der Waals surface area (Å²) in [6.07, 6.45) is 0.461. The molecule has 0 fully saturated rings. The summed E-state index contributed by atoms with van der Waals surface area (Å²) in [5, 5.41) is 8.66. The van der Waals surface area contributed by atoms with Crippen LogP contribution in [0.15, 0.2) is 70.3 Å². The molecule has 2 heterocycles. The maximum absolute atomic E-state index is 12.6. The Morgan fingerprint density at radius 1 is 0.848 bits per heavy atom. The molecule has 0 aliphatic rings. The van der Waals surface area contributed by atoms with E-state index in [2.05, 4.69) is 20.2 Å². The van der Waals surface area contributed by atoms with Crippen LogP contribution >= 0.6 is 0 Å². The van der Waals surface area contributed by atoms with Gasteiger partial charge < -0.3 is 14.5 Å². The molecule has 3 aromatic carbocycles. The van der Waals surface area contributed by atoms with Gasteiger partial charge in [0.25, 0.3) is 11.1 Å². The van der Waals surface area contributed by atoms with E-state index in [-0.39, 0.29) is 11.1 Å². The molecular formula is C25H20N4O4. The lowest BCUT2D eigenvalue weighted by Gasteiger charge is -2.12. The first-order chi connectivity index (χ1) is 16.1. The van der Waals surface area contributed by atoms with Crippen LogP contribution in [0.2, 0.25) is 0 Å². The number of ether oxygens (including phenoxy) is 2. The van der Waals surface area contributed by atoms with Crippen molar-refractivity contribution in [1.82, 2.24) is 20.2 Å². The zero-order chi connectivity index (χ0) is 22.9. The smallest absolute Gasteiger partial charge is 0.272 e. The number of nitrogens with one attached hydrogen (secondary N) is 2. The molecule has 164 valence electrons. The van der Waals surface area contributed by atoms with Gasteiger partial charge in [-0.3, -0.25) is 9.59 Å². The molecule has 8 nitrogen and oxygen atoms in total. The first-order valence-corrected chi connectivity index (χ1v) is 10.3. The summed E-state index contributed by atoms with van der Waals surface area (Å²) in [5.41, 5.74) is 2.44. The third-order valence-electron chi connectivity index (χ3n) is 5.61. The van der Waals surface area contributed by atoms with E-state index in [1.807, 2.05) is 36.4 Å². The zero-order valence-corrected chi connectivity index (χ0v) is 18.0. The number of H-pyrrole nitrogens is 2. The number of fused-ring (bicyclic) bond motifs is 2. The highest BCUT2D eigenvalue weighted by atomic mass is 16.5. The normalized spacial score (nSPS) is 11.1. The molecule has 0 atom stereocenters. The van der Waals surface area contributed by atoms with Crippen molar-refractivity contribution in [2.75, 3.05) is 14.2 Å². The van der Waals surface area contributed by atoms with Crippen molar-refractivity contribution in [2.45, 2.75) is 6.42 Å². The van der Waals surface area contributed by atoms with Gasteiger partial charge in [-0.1, -0.05) is 30.3 Å². The quantitative estimate of drug-likeness (QED) is 0.433. The summed E-state index contributed by atoms with van der Waals surface area (Å²) >= 11 is 0. The summed E-state index contributed by atoms with van der Waals surface area (Å²) in [6, 6.07) is 18.2. The van der Waals surface area contributed by atoms with Crippen LogP contribution in [0.1, 0.15) is 11.3 Å². The van der Waals surface area contributed by atoms with Crippen molar-refractivity contribution in [2.24, 2.45) is 0 Å². The number of aromatic amines is 2. The van der Waals surface area contributed by atoms with E-state index in [1.165, 1.54) is 0 Å². The number of hydrogen-bond donors (Lipinski definition) is 2. The van der Waals surface area contributed by atoms with Crippen LogP contribution in [-0.2, 0) is 6.42 Å². The van der Waals surface area contributed by atoms with Gasteiger partial charge in [-0.25, -0.2) is 10.1 Å². The number of benzene rings is 3. The second-order valence-electron chi connectivity index (χ2n) is 7.55. The fourth-order valence-electron chi connectivity index (χ4n) is 3.91. The summed E-state index contributed by atoms with van der Waals surface area (Å²) in [4.78, 5) is 32.2. The molecule has 5 rings (SSSR count). The highest BCUT2D eigenvalue weighted by molar-refractivity contribution is 5.84. The van der Waals surface area contributed by atoms with Gasteiger partial charge >= 0.3 is 0 Å². The molecule has 0 saturated carbocycles. The first kappa shape index (κ1) is 20.4. The molecule has 8 heteroatoms. The van der Waals surface area contributed by atoms with Crippen LogP contribution in [0.25, 0.3) is 33.1 Å². The van der Waals surface area contributed by atoms with Crippen LogP contribution in [0.5, 0.6) is 11.5 Å². The van der Waals surface area contributed by atoms with E-state index in [0.717, 1.165) is 16.6 Å². The van der Waals surface area contributed by atoms with E-state index in [9.17, 15) is 9.59 Å². The fraction of sp³-hybridized carbons (Fsp3) is 0.120. The maximum atomic E-state index is 12.6. The van der Waals surface area contributed by atoms with Crippen molar-refractivity contribution in [3.8, 4) is 22.9 Å². The summed E-state index contributed by atoms with van der Waals surface area (Å²) in [6.45, 7) is 0. The SMILES string of the molecule is COc1ccc2nc(-c3ccc(Cc4n[nH]c(=O)c5ccccc45)c(OC)c3)[nH]c(=O)c2c1. The largest absolute Gasteiger partial charge is 0.497 e. The van der Waals surface area contributed by atoms with E-state index in [4.69, 9.17) is 9.47 Å². The lowest BCUT2D eigenvalue weighted by molar-refractivity contribution is 0.410. The molecule has 0 saturated heterocycles. The van der Waals surface area contributed by atoms with Crippen molar-refractivity contribution in [1.29, 1.82) is 0 Å². The molecule has 2 aromatic heterocycles. The number of nitrogens with zero attached hydrogens (tertiary/aromatic N) is 2. The average molecular weight is 440 g/mol. The predicted molar refractivity (Wildman–Crippen MR) is 126 cm³/mol. The minimum absolute atomic E-state index is 0.222. The lowest BCUT2D eigenvalue weighted by Crippen LogP contribution is -2.11. The molecule has 0 aliphatic heterocycles. The molecular weight excluding hydrogens is 420 g/mol. The number of aromatic nitrogens is 4. The van der Waals surface area contributed by atoms with Crippen LogP contribution in [-0.4, -0.2) is 34.4 Å². The topological polar surface area (TPSA) is 110 Å². The Hall–Kier alpha value is -4.46. The molecule has 0 unspecified atom stereocenters. The summed E-state index contributed by atoms with van der Waals surface area (Å²) < 4.78 is 10.8. The molecule has 5 aromatic rings. The van der Waals surface area contributed by atoms with Crippen molar-refractivity contribution >= 4 is 21.7 Å². The van der Waals surface area contributed by atoms with Gasteiger partial charge in [0.15, 0.2) is 0 Å². The Morgan fingerprint density at radius 3 is 2.45 bits per heavy atom. The van der Waals surface area contributed by atoms with Gasteiger partial charge in [0, 0.05) is 22.9 Å². The summed E-state index contributed by atoms with van der Waals surface area (Å²) in [7, 11) is 3.14. The van der Waals surface area contributed by atoms with Crippen molar-refractivity contribution in [3.63, 3.8) is 0 Å². The molecule has 0 amide bonds. The Morgan fingerprint density at radius 2 is 1.67 bits per heavy atom. The van der Waals surface area contributed by atoms with Gasteiger partial charge in [0.05, 0.1) is 36.2 Å². The Balaban J connectivity index is 1.55. The van der Waals surface area contributed by atoms with Crippen LogP contribution in [0.4, 0.5) is 0 Å². The van der Waals surface area contributed by atoms with Crippen LogP contribution < -0.4 is 20.6 Å². The Labute approximate surface area is 187 Å². The second-order valence-corrected chi connectivity index (χ2v) is 7.55. The molecule has 2 N–H and O–H groups in total. The monoisotopic (exact) mass is 440 g/mol. The van der Waals surface area contributed by atoms with E-state index < -0.39 is 0 Å². The third kappa shape index (κ3) is 3.71. The van der Waals surface area contributed by atoms with Crippen molar-refractivity contribution < 1.29 is 9.47 Å². The second kappa shape index (κ2) is 8.23. The van der Waals surface area contributed by atoms with Crippen LogP contribution in [0.3, 0.4) is 0 Å². The standard InChI is InChI=1S/C25H20N4O4/c1-32-16-9-10-20-19(13-16)24(30)27-23(26-20)15-8-7-14(22(12-15)33-2)11-21-17-5-3-4-6-18(17)25(31)29-28-21/h3-10,12-13H,11H2,1-2H3,(H,29,31)(H,26,27,30). The molecule has 33 heavy (non-hydrogen) atoms. The van der Waals surface area contributed by atoms with E-state index in [0.29, 0.717) is 45.6 Å². The summed E-state index contributed by atoms with van der Waals surface area (Å²) in [5.74, 6) is 1.66. The molecule has 0 bridgehead atoms. The van der Waals surface area contributed by atoms with Crippen molar-refractivity contribution in [3.05, 3.63) is 92.6 Å². The minimum Gasteiger partial charge on any atom is -0.497 e. The van der Waals surface area contributed by atoms with Gasteiger partial charge in [-0.15, -0.1) is 0 Å². The third-order valence-corrected chi connectivity index (χ3v) is 5.61. The first-order valence-electron chi connectivity index (χ1n) is 10.3. The van der Waals surface area contributed by atoms with E-state index >= 15 is 0 Å². The minimum atomic E-state index is -0.249. The maximum Gasteiger partial charge on any atom is 0.272 e. The molecule has 0 spiro atoms. The van der Waals surface area contributed by atoms with Gasteiger partial charge in [0.2, 0.25) is 0 Å². The number of hydrogen-bond acceptors (Lipinski definition) is 6. The van der Waals surface area contributed by atoms with Crippen LogP contribution in [0, 0.1) is 0 Å². The van der Waals surface area contributed by atoms with Gasteiger partial charge in [-0.2, -0.15) is 5.10 Å². The number of rotatable bonds is 5. The van der Waals surface area contributed by atoms with Gasteiger partial charge in [-0.05, 0) is 30.3 Å². The number of methoxy groups -OCH3 is 2. The Bertz CT molecular complexity index is 1620. The Kier molecular flexibility index (Phi) is 5.10. The predicted octanol–water partition coefficient (Wildman–Crippen LogP) is 3.43. The molecule has 0 aliphatic carbocycles. The zero-order valence-electron chi connectivity index (χ0n) is 18.0. The average Bonchev–Trinajstić information content (AvgIpc) is 2.85. The molecule has 0 radical (unpaired) electrons.